The first-order valence-corrected chi connectivity index (χ1v) is 10.5. The van der Waals surface area contributed by atoms with Gasteiger partial charge in [-0.05, 0) is 54.8 Å². The maximum Gasteiger partial charge on any atom is 0.573 e. The maximum absolute atomic E-state index is 12.8. The van der Waals surface area contributed by atoms with Crippen LogP contribution < -0.4 is 15.0 Å². The van der Waals surface area contributed by atoms with Crippen molar-refractivity contribution in [3.05, 3.63) is 48.2 Å². The highest BCUT2D eigenvalue weighted by Crippen LogP contribution is 2.28. The zero-order chi connectivity index (χ0) is 22.7. The first-order valence-electron chi connectivity index (χ1n) is 10.5. The topological polar surface area (TPSA) is 74.8 Å². The van der Waals surface area contributed by atoms with E-state index < -0.39 is 24.1 Å². The third kappa shape index (κ3) is 5.30. The number of alkyl halides is 3. The van der Waals surface area contributed by atoms with Crippen molar-refractivity contribution in [1.29, 1.82) is 0 Å². The highest BCUT2D eigenvalue weighted by atomic mass is 19.4. The Kier molecular flexibility index (Phi) is 6.20. The van der Waals surface area contributed by atoms with E-state index in [0.717, 1.165) is 41.3 Å². The minimum Gasteiger partial charge on any atom is -0.406 e. The summed E-state index contributed by atoms with van der Waals surface area (Å²) in [5.74, 6) is -0.134. The SMILES string of the molecule is O=C1CN(Cc2ccnc(NC3CCCCC3)c2)C(=O)N1c1ccc(OC(F)(F)F)cc1. The zero-order valence-electron chi connectivity index (χ0n) is 17.3. The fraction of sp³-hybridized carbons (Fsp3) is 0.409. The number of halogens is 3. The number of anilines is 2. The molecule has 1 saturated carbocycles. The lowest BCUT2D eigenvalue weighted by atomic mass is 9.95. The lowest BCUT2D eigenvalue weighted by Crippen LogP contribution is -2.32. The van der Waals surface area contributed by atoms with Crippen molar-refractivity contribution in [2.24, 2.45) is 0 Å². The number of imide groups is 1. The van der Waals surface area contributed by atoms with Gasteiger partial charge in [-0.15, -0.1) is 13.2 Å². The third-order valence-electron chi connectivity index (χ3n) is 5.52. The summed E-state index contributed by atoms with van der Waals surface area (Å²) in [7, 11) is 0. The van der Waals surface area contributed by atoms with Gasteiger partial charge >= 0.3 is 12.4 Å². The Balaban J connectivity index is 1.41. The molecule has 1 aromatic heterocycles. The molecule has 1 saturated heterocycles. The second-order valence-electron chi connectivity index (χ2n) is 7.94. The van der Waals surface area contributed by atoms with E-state index in [1.807, 2.05) is 6.07 Å². The van der Waals surface area contributed by atoms with E-state index in [2.05, 4.69) is 15.0 Å². The minimum absolute atomic E-state index is 0.118. The van der Waals surface area contributed by atoms with Crippen LogP contribution in [0.2, 0.25) is 0 Å². The molecule has 7 nitrogen and oxygen atoms in total. The fourth-order valence-electron chi connectivity index (χ4n) is 4.05. The third-order valence-corrected chi connectivity index (χ3v) is 5.52. The van der Waals surface area contributed by atoms with E-state index >= 15 is 0 Å². The van der Waals surface area contributed by atoms with Crippen molar-refractivity contribution in [3.8, 4) is 5.75 Å². The minimum atomic E-state index is -4.81. The Morgan fingerprint density at radius 3 is 2.47 bits per heavy atom. The summed E-state index contributed by atoms with van der Waals surface area (Å²) in [5.41, 5.74) is 1.02. The lowest BCUT2D eigenvalue weighted by molar-refractivity contribution is -0.274. The average molecular weight is 448 g/mol. The number of amides is 3. The number of urea groups is 1. The van der Waals surface area contributed by atoms with E-state index in [4.69, 9.17) is 0 Å². The summed E-state index contributed by atoms with van der Waals surface area (Å²) in [6.07, 6.45) is 2.71. The van der Waals surface area contributed by atoms with Crippen LogP contribution >= 0.6 is 0 Å². The maximum atomic E-state index is 12.8. The fourth-order valence-corrected chi connectivity index (χ4v) is 4.05. The molecular weight excluding hydrogens is 425 g/mol. The van der Waals surface area contributed by atoms with Gasteiger partial charge in [0.05, 0.1) is 5.69 Å². The van der Waals surface area contributed by atoms with Crippen molar-refractivity contribution in [1.82, 2.24) is 9.88 Å². The smallest absolute Gasteiger partial charge is 0.406 e. The molecule has 2 aromatic rings. The highest BCUT2D eigenvalue weighted by molar-refractivity contribution is 6.19. The Hall–Kier alpha value is -3.30. The van der Waals surface area contributed by atoms with Gasteiger partial charge in [-0.25, -0.2) is 14.7 Å². The number of nitrogens with zero attached hydrogens (tertiary/aromatic N) is 3. The molecule has 2 heterocycles. The first kappa shape index (κ1) is 21.9. The Bertz CT molecular complexity index is 975. The van der Waals surface area contributed by atoms with Crippen LogP contribution in [0.4, 0.5) is 29.5 Å². The van der Waals surface area contributed by atoms with Gasteiger partial charge in [-0.3, -0.25) is 4.79 Å². The van der Waals surface area contributed by atoms with Crippen LogP contribution in [-0.4, -0.2) is 40.8 Å². The van der Waals surface area contributed by atoms with Crippen molar-refractivity contribution in [2.45, 2.75) is 51.1 Å². The second kappa shape index (κ2) is 9.05. The molecule has 0 bridgehead atoms. The zero-order valence-corrected chi connectivity index (χ0v) is 17.3. The molecule has 1 aliphatic carbocycles. The molecule has 3 amide bonds. The number of aromatic nitrogens is 1. The molecule has 0 spiro atoms. The molecule has 1 aliphatic heterocycles. The predicted octanol–water partition coefficient (Wildman–Crippen LogP) is 4.69. The van der Waals surface area contributed by atoms with Crippen molar-refractivity contribution in [3.63, 3.8) is 0 Å². The molecule has 2 fully saturated rings. The quantitative estimate of drug-likeness (QED) is 0.649. The molecule has 1 aromatic carbocycles. The van der Waals surface area contributed by atoms with Gasteiger partial charge in [0, 0.05) is 18.8 Å². The van der Waals surface area contributed by atoms with E-state index in [9.17, 15) is 22.8 Å². The molecule has 10 heteroatoms. The number of nitrogens with one attached hydrogen (secondary N) is 1. The number of benzene rings is 1. The van der Waals surface area contributed by atoms with Gasteiger partial charge in [0.1, 0.15) is 18.1 Å². The van der Waals surface area contributed by atoms with Crippen LogP contribution in [-0.2, 0) is 11.3 Å². The van der Waals surface area contributed by atoms with Crippen LogP contribution in [0, 0.1) is 0 Å². The summed E-state index contributed by atoms with van der Waals surface area (Å²) in [6, 6.07) is 8.15. The van der Waals surface area contributed by atoms with Crippen LogP contribution in [0.3, 0.4) is 0 Å². The molecule has 0 unspecified atom stereocenters. The molecule has 0 radical (unpaired) electrons. The molecular formula is C22H23F3N4O3. The Labute approximate surface area is 183 Å². The van der Waals surface area contributed by atoms with Gasteiger partial charge in [0.25, 0.3) is 5.91 Å². The lowest BCUT2D eigenvalue weighted by Gasteiger charge is -2.23. The number of carbonyl (C=O) groups is 2. The number of pyridine rings is 1. The summed E-state index contributed by atoms with van der Waals surface area (Å²) in [6.45, 7) is 0.103. The van der Waals surface area contributed by atoms with Crippen LogP contribution in [0.15, 0.2) is 42.6 Å². The number of hydrogen-bond acceptors (Lipinski definition) is 5. The largest absolute Gasteiger partial charge is 0.573 e. The van der Waals surface area contributed by atoms with E-state index in [1.54, 1.807) is 12.3 Å². The number of carbonyl (C=O) groups excluding carboxylic acids is 2. The van der Waals surface area contributed by atoms with E-state index in [-0.39, 0.29) is 18.8 Å². The number of hydrogen-bond donors (Lipinski definition) is 1. The Morgan fingerprint density at radius 1 is 1.06 bits per heavy atom. The van der Waals surface area contributed by atoms with Gasteiger partial charge in [-0.1, -0.05) is 19.3 Å². The summed E-state index contributed by atoms with van der Waals surface area (Å²) in [5, 5.41) is 3.44. The normalized spacial score (nSPS) is 17.7. The Morgan fingerprint density at radius 2 is 1.78 bits per heavy atom. The molecule has 0 atom stereocenters. The number of rotatable bonds is 6. The molecule has 32 heavy (non-hydrogen) atoms. The van der Waals surface area contributed by atoms with E-state index in [1.165, 1.54) is 36.3 Å². The first-order chi connectivity index (χ1) is 15.3. The summed E-state index contributed by atoms with van der Waals surface area (Å²) >= 11 is 0. The number of ether oxygens (including phenoxy) is 1. The van der Waals surface area contributed by atoms with Gasteiger partial charge in [-0.2, -0.15) is 0 Å². The van der Waals surface area contributed by atoms with Crippen molar-refractivity contribution < 1.29 is 27.5 Å². The second-order valence-corrected chi connectivity index (χ2v) is 7.94. The van der Waals surface area contributed by atoms with Gasteiger partial charge in [0.2, 0.25) is 0 Å². The molecule has 170 valence electrons. The highest BCUT2D eigenvalue weighted by Gasteiger charge is 2.37. The van der Waals surface area contributed by atoms with Crippen LogP contribution in [0.1, 0.15) is 37.7 Å². The van der Waals surface area contributed by atoms with Gasteiger partial charge < -0.3 is 15.0 Å². The van der Waals surface area contributed by atoms with Crippen LogP contribution in [0.5, 0.6) is 5.75 Å². The average Bonchev–Trinajstić information content (AvgIpc) is 3.01. The summed E-state index contributed by atoms with van der Waals surface area (Å²) in [4.78, 5) is 32.0. The standard InChI is InChI=1S/C22H23F3N4O3/c23-22(24,25)32-18-8-6-17(7-9-18)29-20(30)14-28(21(29)31)13-15-10-11-26-19(12-15)27-16-4-2-1-3-5-16/h6-12,16H,1-5,13-14H2,(H,26,27). The van der Waals surface area contributed by atoms with E-state index in [0.29, 0.717) is 6.04 Å². The predicted molar refractivity (Wildman–Crippen MR) is 111 cm³/mol. The molecule has 4 rings (SSSR count). The van der Waals surface area contributed by atoms with Gasteiger partial charge in [0.15, 0.2) is 0 Å². The molecule has 2 aliphatic rings. The van der Waals surface area contributed by atoms with Crippen LogP contribution in [0.25, 0.3) is 0 Å². The van der Waals surface area contributed by atoms with Crippen molar-refractivity contribution in [2.75, 3.05) is 16.8 Å². The monoisotopic (exact) mass is 448 g/mol. The molecule has 1 N–H and O–H groups in total. The summed E-state index contributed by atoms with van der Waals surface area (Å²) < 4.78 is 40.8. The van der Waals surface area contributed by atoms with Crippen molar-refractivity contribution >= 4 is 23.4 Å².